The first-order valence-electron chi connectivity index (χ1n) is 6.39. The van der Waals surface area contributed by atoms with Crippen molar-refractivity contribution in [2.45, 2.75) is 26.7 Å². The van der Waals surface area contributed by atoms with Crippen molar-refractivity contribution >= 4 is 10.8 Å². The van der Waals surface area contributed by atoms with Crippen LogP contribution in [0.15, 0.2) is 16.9 Å². The third-order valence-electron chi connectivity index (χ3n) is 3.36. The Morgan fingerprint density at radius 2 is 1.68 bits per heavy atom. The number of methoxy groups -OCH3 is 2. The Kier molecular flexibility index (Phi) is 3.79. The molecule has 0 atom stereocenters. The zero-order valence-corrected chi connectivity index (χ0v) is 11.8. The second kappa shape index (κ2) is 5.34. The number of aryl methyl sites for hydroxylation is 2. The molecule has 0 unspecified atom stereocenters. The molecule has 2 rings (SSSR count). The molecule has 2 aromatic rings. The lowest BCUT2D eigenvalue weighted by molar-refractivity contribution is 0.356. The molecular formula is C15H19NO3. The Morgan fingerprint density at radius 3 is 2.21 bits per heavy atom. The highest BCUT2D eigenvalue weighted by Crippen LogP contribution is 2.33. The van der Waals surface area contributed by atoms with E-state index in [-0.39, 0.29) is 5.56 Å². The average molecular weight is 261 g/mol. The zero-order valence-electron chi connectivity index (χ0n) is 11.8. The van der Waals surface area contributed by atoms with Gasteiger partial charge in [-0.1, -0.05) is 13.3 Å². The van der Waals surface area contributed by atoms with E-state index in [1.54, 1.807) is 14.2 Å². The van der Waals surface area contributed by atoms with Gasteiger partial charge in [-0.15, -0.1) is 0 Å². The van der Waals surface area contributed by atoms with Gasteiger partial charge in [0.15, 0.2) is 11.5 Å². The van der Waals surface area contributed by atoms with E-state index in [1.807, 2.05) is 19.1 Å². The van der Waals surface area contributed by atoms with E-state index < -0.39 is 0 Å². The van der Waals surface area contributed by atoms with Gasteiger partial charge in [-0.25, -0.2) is 0 Å². The summed E-state index contributed by atoms with van der Waals surface area (Å²) in [5.41, 5.74) is 1.62. The monoisotopic (exact) mass is 261 g/mol. The standard InChI is InChI=1S/C15H19NO3/c1-5-6-12-11-8-14(19-4)13(18-3)7-10(11)9(2)15(17)16-12/h7-8H,5-6H2,1-4H3,(H,16,17). The lowest BCUT2D eigenvalue weighted by Crippen LogP contribution is -2.13. The summed E-state index contributed by atoms with van der Waals surface area (Å²) in [5, 5.41) is 1.95. The summed E-state index contributed by atoms with van der Waals surface area (Å²) in [7, 11) is 3.21. The number of ether oxygens (including phenoxy) is 2. The van der Waals surface area contributed by atoms with Gasteiger partial charge in [0.05, 0.1) is 14.2 Å². The zero-order chi connectivity index (χ0) is 14.0. The molecule has 0 radical (unpaired) electrons. The average Bonchev–Trinajstić information content (AvgIpc) is 2.43. The van der Waals surface area contributed by atoms with Crippen LogP contribution < -0.4 is 15.0 Å². The van der Waals surface area contributed by atoms with E-state index in [1.165, 1.54) is 0 Å². The topological polar surface area (TPSA) is 51.3 Å². The molecule has 19 heavy (non-hydrogen) atoms. The Morgan fingerprint density at radius 1 is 1.11 bits per heavy atom. The van der Waals surface area contributed by atoms with Gasteiger partial charge in [-0.05, 0) is 30.9 Å². The highest BCUT2D eigenvalue weighted by molar-refractivity contribution is 5.90. The van der Waals surface area contributed by atoms with Crippen molar-refractivity contribution in [1.82, 2.24) is 4.98 Å². The van der Waals surface area contributed by atoms with Crippen LogP contribution in [-0.4, -0.2) is 19.2 Å². The summed E-state index contributed by atoms with van der Waals surface area (Å²) in [6.07, 6.45) is 1.81. The molecule has 0 fully saturated rings. The first-order valence-corrected chi connectivity index (χ1v) is 6.39. The minimum Gasteiger partial charge on any atom is -0.493 e. The molecule has 0 aliphatic rings. The van der Waals surface area contributed by atoms with Crippen LogP contribution in [0.1, 0.15) is 24.6 Å². The molecular weight excluding hydrogens is 242 g/mol. The van der Waals surface area contributed by atoms with Crippen molar-refractivity contribution in [3.05, 3.63) is 33.7 Å². The molecule has 4 nitrogen and oxygen atoms in total. The van der Waals surface area contributed by atoms with Gasteiger partial charge in [0.2, 0.25) is 0 Å². The van der Waals surface area contributed by atoms with Crippen molar-refractivity contribution in [1.29, 1.82) is 0 Å². The van der Waals surface area contributed by atoms with Gasteiger partial charge >= 0.3 is 0 Å². The van der Waals surface area contributed by atoms with Gasteiger partial charge in [0, 0.05) is 16.6 Å². The fourth-order valence-electron chi connectivity index (χ4n) is 2.31. The number of nitrogens with one attached hydrogen (secondary N) is 1. The minimum atomic E-state index is -0.0387. The van der Waals surface area contributed by atoms with E-state index in [4.69, 9.17) is 9.47 Å². The molecule has 1 aromatic heterocycles. The number of benzene rings is 1. The highest BCUT2D eigenvalue weighted by Gasteiger charge is 2.12. The van der Waals surface area contributed by atoms with Crippen molar-refractivity contribution in [2.75, 3.05) is 14.2 Å². The fraction of sp³-hybridized carbons (Fsp3) is 0.400. The van der Waals surface area contributed by atoms with Gasteiger partial charge in [0.25, 0.3) is 5.56 Å². The van der Waals surface area contributed by atoms with E-state index in [2.05, 4.69) is 11.9 Å². The van der Waals surface area contributed by atoms with Crippen LogP contribution in [0.4, 0.5) is 0 Å². The fourth-order valence-corrected chi connectivity index (χ4v) is 2.31. The summed E-state index contributed by atoms with van der Waals surface area (Å²) in [4.78, 5) is 14.9. The van der Waals surface area contributed by atoms with Gasteiger partial charge < -0.3 is 14.5 Å². The largest absolute Gasteiger partial charge is 0.493 e. The number of pyridine rings is 1. The van der Waals surface area contributed by atoms with Crippen molar-refractivity contribution in [2.24, 2.45) is 0 Å². The minimum absolute atomic E-state index is 0.0387. The molecule has 1 aromatic carbocycles. The quantitative estimate of drug-likeness (QED) is 0.920. The lowest BCUT2D eigenvalue weighted by Gasteiger charge is -2.13. The van der Waals surface area contributed by atoms with E-state index in [9.17, 15) is 4.79 Å². The number of hydrogen-bond acceptors (Lipinski definition) is 3. The molecule has 0 bridgehead atoms. The van der Waals surface area contributed by atoms with Gasteiger partial charge in [-0.2, -0.15) is 0 Å². The maximum absolute atomic E-state index is 12.0. The first-order chi connectivity index (χ1) is 9.12. The van der Waals surface area contributed by atoms with Crippen LogP contribution in [0.2, 0.25) is 0 Å². The third kappa shape index (κ3) is 2.30. The maximum Gasteiger partial charge on any atom is 0.251 e. The molecule has 0 saturated carbocycles. The molecule has 1 N–H and O–H groups in total. The number of H-pyrrole nitrogens is 1. The number of hydrogen-bond donors (Lipinski definition) is 1. The van der Waals surface area contributed by atoms with Crippen molar-refractivity contribution in [3.8, 4) is 11.5 Å². The van der Waals surface area contributed by atoms with Crippen LogP contribution in [0.25, 0.3) is 10.8 Å². The Bertz CT molecular complexity index is 658. The predicted octanol–water partition coefficient (Wildman–Crippen LogP) is 2.81. The summed E-state index contributed by atoms with van der Waals surface area (Å²) in [5.74, 6) is 1.32. The SMILES string of the molecule is CCCc1[nH]c(=O)c(C)c2cc(OC)c(OC)cc12. The molecule has 0 aliphatic heterocycles. The Labute approximate surface area is 112 Å². The van der Waals surface area contributed by atoms with E-state index in [0.717, 1.165) is 29.3 Å². The van der Waals surface area contributed by atoms with Crippen molar-refractivity contribution in [3.63, 3.8) is 0 Å². The molecule has 4 heteroatoms. The number of aromatic amines is 1. The Hall–Kier alpha value is -1.97. The van der Waals surface area contributed by atoms with Crippen LogP contribution in [-0.2, 0) is 6.42 Å². The van der Waals surface area contributed by atoms with E-state index in [0.29, 0.717) is 17.1 Å². The number of fused-ring (bicyclic) bond motifs is 1. The second-order valence-electron chi connectivity index (χ2n) is 4.56. The summed E-state index contributed by atoms with van der Waals surface area (Å²) in [6.45, 7) is 3.91. The Balaban J connectivity index is 2.84. The van der Waals surface area contributed by atoms with Gasteiger partial charge in [-0.3, -0.25) is 4.79 Å². The van der Waals surface area contributed by atoms with Crippen molar-refractivity contribution < 1.29 is 9.47 Å². The van der Waals surface area contributed by atoms with Crippen LogP contribution in [0.3, 0.4) is 0 Å². The van der Waals surface area contributed by atoms with Crippen LogP contribution in [0, 0.1) is 6.92 Å². The smallest absolute Gasteiger partial charge is 0.251 e. The summed E-state index contributed by atoms with van der Waals surface area (Å²) in [6, 6.07) is 3.81. The highest BCUT2D eigenvalue weighted by atomic mass is 16.5. The maximum atomic E-state index is 12.0. The third-order valence-corrected chi connectivity index (χ3v) is 3.36. The first kappa shape index (κ1) is 13.5. The van der Waals surface area contributed by atoms with Gasteiger partial charge in [0.1, 0.15) is 0 Å². The second-order valence-corrected chi connectivity index (χ2v) is 4.56. The van der Waals surface area contributed by atoms with Crippen LogP contribution in [0.5, 0.6) is 11.5 Å². The molecule has 102 valence electrons. The molecule has 0 amide bonds. The predicted molar refractivity (Wildman–Crippen MR) is 76.4 cm³/mol. The summed E-state index contributed by atoms with van der Waals surface area (Å²) < 4.78 is 10.6. The lowest BCUT2D eigenvalue weighted by atomic mass is 10.0. The molecule has 0 saturated heterocycles. The number of aromatic nitrogens is 1. The number of rotatable bonds is 4. The van der Waals surface area contributed by atoms with E-state index >= 15 is 0 Å². The van der Waals surface area contributed by atoms with Crippen LogP contribution >= 0.6 is 0 Å². The molecule has 1 heterocycles. The normalized spacial score (nSPS) is 10.7. The summed E-state index contributed by atoms with van der Waals surface area (Å²) >= 11 is 0. The molecule has 0 spiro atoms. The molecule has 0 aliphatic carbocycles.